The molecule has 0 aliphatic rings. The van der Waals surface area contributed by atoms with Crippen LogP contribution < -0.4 is 9.47 Å². The normalized spacial score (nSPS) is 10.3. The van der Waals surface area contributed by atoms with Gasteiger partial charge in [0.2, 0.25) is 0 Å². The molecule has 106 valence electrons. The van der Waals surface area contributed by atoms with Crippen LogP contribution in [0.5, 0.6) is 11.5 Å². The Hall–Kier alpha value is -2.01. The van der Waals surface area contributed by atoms with Crippen molar-refractivity contribution in [3.8, 4) is 11.5 Å². The number of hydrogen-bond acceptors (Lipinski definition) is 4. The zero-order chi connectivity index (χ0) is 14.5. The molecule has 0 fully saturated rings. The van der Waals surface area contributed by atoms with Gasteiger partial charge in [0.15, 0.2) is 4.88 Å². The van der Waals surface area contributed by atoms with E-state index in [1.807, 2.05) is 38.1 Å². The summed E-state index contributed by atoms with van der Waals surface area (Å²) in [5, 5.41) is 9.05. The minimum absolute atomic E-state index is 0.235. The van der Waals surface area contributed by atoms with Crippen LogP contribution in [-0.4, -0.2) is 24.3 Å². The van der Waals surface area contributed by atoms with Gasteiger partial charge in [-0.15, -0.1) is 11.3 Å². The van der Waals surface area contributed by atoms with E-state index in [0.29, 0.717) is 19.0 Å². The average molecular weight is 292 g/mol. The number of rotatable bonds is 6. The molecular weight excluding hydrogens is 276 g/mol. The lowest BCUT2D eigenvalue weighted by Crippen LogP contribution is -2.10. The van der Waals surface area contributed by atoms with E-state index in [-0.39, 0.29) is 4.88 Å². The van der Waals surface area contributed by atoms with Crippen LogP contribution in [0, 0.1) is 13.8 Å². The van der Waals surface area contributed by atoms with Crippen molar-refractivity contribution >= 4 is 17.3 Å². The van der Waals surface area contributed by atoms with Crippen LogP contribution in [0.1, 0.15) is 20.1 Å². The molecule has 20 heavy (non-hydrogen) atoms. The second-order valence-corrected chi connectivity index (χ2v) is 5.57. The molecule has 5 heteroatoms. The molecule has 0 saturated heterocycles. The van der Waals surface area contributed by atoms with Gasteiger partial charge in [0.05, 0.1) is 0 Å². The smallest absolute Gasteiger partial charge is 0.349 e. The maximum atomic E-state index is 11.0. The molecule has 1 heterocycles. The minimum Gasteiger partial charge on any atom is -0.490 e. The van der Waals surface area contributed by atoms with Crippen molar-refractivity contribution in [1.29, 1.82) is 0 Å². The van der Waals surface area contributed by atoms with Crippen LogP contribution in [0.15, 0.2) is 30.3 Å². The highest BCUT2D eigenvalue weighted by Gasteiger charge is 2.15. The van der Waals surface area contributed by atoms with E-state index in [9.17, 15) is 4.79 Å². The predicted molar refractivity (Wildman–Crippen MR) is 78.2 cm³/mol. The van der Waals surface area contributed by atoms with Gasteiger partial charge < -0.3 is 14.6 Å². The molecule has 0 spiro atoms. The second-order valence-electron chi connectivity index (χ2n) is 4.32. The number of hydrogen-bond donors (Lipinski definition) is 1. The van der Waals surface area contributed by atoms with Crippen LogP contribution in [-0.2, 0) is 0 Å². The Balaban J connectivity index is 1.88. The van der Waals surface area contributed by atoms with E-state index in [4.69, 9.17) is 14.6 Å². The third-order valence-corrected chi connectivity index (χ3v) is 3.73. The molecule has 0 bridgehead atoms. The number of ether oxygens (including phenoxy) is 2. The number of thiophene rings is 1. The highest BCUT2D eigenvalue weighted by molar-refractivity contribution is 7.14. The van der Waals surface area contributed by atoms with Gasteiger partial charge in [-0.25, -0.2) is 4.79 Å². The van der Waals surface area contributed by atoms with Crippen molar-refractivity contribution in [2.24, 2.45) is 0 Å². The molecule has 0 aliphatic carbocycles. The van der Waals surface area contributed by atoms with Crippen molar-refractivity contribution in [2.45, 2.75) is 13.8 Å². The van der Waals surface area contributed by atoms with Crippen LogP contribution in [0.3, 0.4) is 0 Å². The van der Waals surface area contributed by atoms with Crippen molar-refractivity contribution in [2.75, 3.05) is 13.2 Å². The summed E-state index contributed by atoms with van der Waals surface area (Å²) in [6.45, 7) is 4.51. The molecule has 2 aromatic rings. The highest BCUT2D eigenvalue weighted by atomic mass is 32.1. The summed E-state index contributed by atoms with van der Waals surface area (Å²) in [5.41, 5.74) is 1.06. The first-order valence-corrected chi connectivity index (χ1v) is 7.04. The lowest BCUT2D eigenvalue weighted by atomic mass is 10.2. The van der Waals surface area contributed by atoms with Crippen LogP contribution >= 0.6 is 11.3 Å². The first kappa shape index (κ1) is 14.4. The Morgan fingerprint density at radius 1 is 1.15 bits per heavy atom. The Morgan fingerprint density at radius 2 is 1.80 bits per heavy atom. The van der Waals surface area contributed by atoms with E-state index < -0.39 is 5.97 Å². The SMILES string of the molecule is Cc1cc(OCCOc2ccccc2C)c(C(=O)O)s1. The standard InChI is InChI=1S/C15H16O4S/c1-10-5-3-4-6-12(10)18-7-8-19-13-9-11(2)20-14(13)15(16)17/h3-6,9H,7-8H2,1-2H3,(H,16,17). The van der Waals surface area contributed by atoms with E-state index >= 15 is 0 Å². The quantitative estimate of drug-likeness (QED) is 0.828. The van der Waals surface area contributed by atoms with E-state index in [0.717, 1.165) is 16.2 Å². The van der Waals surface area contributed by atoms with Gasteiger partial charge >= 0.3 is 5.97 Å². The molecule has 2 rings (SSSR count). The zero-order valence-corrected chi connectivity index (χ0v) is 12.2. The third-order valence-electron chi connectivity index (χ3n) is 2.71. The van der Waals surface area contributed by atoms with E-state index in [2.05, 4.69) is 0 Å². The second kappa shape index (κ2) is 6.43. The topological polar surface area (TPSA) is 55.8 Å². The fourth-order valence-electron chi connectivity index (χ4n) is 1.77. The van der Waals surface area contributed by atoms with Crippen molar-refractivity contribution in [3.63, 3.8) is 0 Å². The summed E-state index contributed by atoms with van der Waals surface area (Å²) in [6.07, 6.45) is 0. The molecule has 1 aromatic carbocycles. The molecule has 0 unspecified atom stereocenters. The maximum absolute atomic E-state index is 11.0. The molecule has 1 N–H and O–H groups in total. The largest absolute Gasteiger partial charge is 0.490 e. The van der Waals surface area contributed by atoms with E-state index in [1.54, 1.807) is 6.07 Å². The Kier molecular flexibility index (Phi) is 4.63. The molecular formula is C15H16O4S. The lowest BCUT2D eigenvalue weighted by Gasteiger charge is -2.09. The third kappa shape index (κ3) is 3.51. The fourth-order valence-corrected chi connectivity index (χ4v) is 2.56. The number of carboxylic acid groups (broad SMARTS) is 1. The summed E-state index contributed by atoms with van der Waals surface area (Å²) in [5.74, 6) is 0.266. The van der Waals surface area contributed by atoms with Gasteiger partial charge in [0, 0.05) is 4.88 Å². The summed E-state index contributed by atoms with van der Waals surface area (Å²) >= 11 is 1.21. The van der Waals surface area contributed by atoms with Crippen LogP contribution in [0.2, 0.25) is 0 Å². The Morgan fingerprint density at radius 3 is 2.45 bits per heavy atom. The lowest BCUT2D eigenvalue weighted by molar-refractivity contribution is 0.0697. The van der Waals surface area contributed by atoms with Gasteiger partial charge in [0.1, 0.15) is 24.7 Å². The molecule has 0 atom stereocenters. The zero-order valence-electron chi connectivity index (χ0n) is 11.4. The number of carboxylic acids is 1. The van der Waals surface area contributed by atoms with Crippen molar-refractivity contribution in [3.05, 3.63) is 45.6 Å². The van der Waals surface area contributed by atoms with Gasteiger partial charge in [0.25, 0.3) is 0 Å². The molecule has 0 saturated carbocycles. The number of aromatic carboxylic acids is 1. The molecule has 0 amide bonds. The van der Waals surface area contributed by atoms with Crippen LogP contribution in [0.25, 0.3) is 0 Å². The average Bonchev–Trinajstić information content (AvgIpc) is 2.78. The van der Waals surface area contributed by atoms with E-state index in [1.165, 1.54) is 11.3 Å². The van der Waals surface area contributed by atoms with Gasteiger partial charge in [-0.3, -0.25) is 0 Å². The summed E-state index contributed by atoms with van der Waals surface area (Å²) in [7, 11) is 0. The maximum Gasteiger partial charge on any atom is 0.349 e. The summed E-state index contributed by atoms with van der Waals surface area (Å²) in [4.78, 5) is 12.2. The molecule has 1 aromatic heterocycles. The molecule has 0 aliphatic heterocycles. The number of benzene rings is 1. The van der Waals surface area contributed by atoms with Gasteiger partial charge in [-0.05, 0) is 31.5 Å². The predicted octanol–water partition coefficient (Wildman–Crippen LogP) is 3.52. The summed E-state index contributed by atoms with van der Waals surface area (Å²) in [6, 6.07) is 9.47. The van der Waals surface area contributed by atoms with Gasteiger partial charge in [-0.1, -0.05) is 18.2 Å². The molecule has 4 nitrogen and oxygen atoms in total. The minimum atomic E-state index is -0.960. The summed E-state index contributed by atoms with van der Waals surface area (Å²) < 4.78 is 11.1. The Bertz CT molecular complexity index is 604. The highest BCUT2D eigenvalue weighted by Crippen LogP contribution is 2.28. The van der Waals surface area contributed by atoms with Gasteiger partial charge in [-0.2, -0.15) is 0 Å². The molecule has 0 radical (unpaired) electrons. The number of para-hydroxylation sites is 1. The first-order chi connectivity index (χ1) is 9.58. The fraction of sp³-hybridized carbons (Fsp3) is 0.267. The van der Waals surface area contributed by atoms with Crippen LogP contribution in [0.4, 0.5) is 0 Å². The Labute approximate surface area is 121 Å². The number of aryl methyl sites for hydroxylation is 2. The number of carbonyl (C=O) groups is 1. The van der Waals surface area contributed by atoms with Crippen molar-refractivity contribution < 1.29 is 19.4 Å². The van der Waals surface area contributed by atoms with Crippen molar-refractivity contribution in [1.82, 2.24) is 0 Å². The first-order valence-electron chi connectivity index (χ1n) is 6.23. The monoisotopic (exact) mass is 292 g/mol.